The summed E-state index contributed by atoms with van der Waals surface area (Å²) in [7, 11) is 0. The van der Waals surface area contributed by atoms with Crippen LogP contribution in [0, 0.1) is 5.92 Å². The summed E-state index contributed by atoms with van der Waals surface area (Å²) in [6.07, 6.45) is 4.59. The summed E-state index contributed by atoms with van der Waals surface area (Å²) in [5.74, 6) is 0.790. The minimum Gasteiger partial charge on any atom is -0.312 e. The van der Waals surface area contributed by atoms with E-state index in [0.717, 1.165) is 19.0 Å². The largest absolute Gasteiger partial charge is 0.312 e. The van der Waals surface area contributed by atoms with E-state index in [9.17, 15) is 0 Å². The quantitative estimate of drug-likeness (QED) is 0.909. The molecule has 2 rings (SSSR count). The second-order valence-electron chi connectivity index (χ2n) is 6.30. The van der Waals surface area contributed by atoms with Crippen LogP contribution >= 0.6 is 11.3 Å². The van der Waals surface area contributed by atoms with E-state index in [0.29, 0.717) is 0 Å². The van der Waals surface area contributed by atoms with E-state index in [1.54, 1.807) is 11.3 Å². The first-order valence-corrected chi connectivity index (χ1v) is 7.77. The van der Waals surface area contributed by atoms with Gasteiger partial charge in [-0.15, -0.1) is 11.3 Å². The maximum atomic E-state index is 4.38. The molecule has 1 unspecified atom stereocenters. The highest BCUT2D eigenvalue weighted by Gasteiger charge is 2.21. The van der Waals surface area contributed by atoms with Gasteiger partial charge in [0.05, 0.1) is 6.54 Å². The fourth-order valence-corrected chi connectivity index (χ4v) is 3.09. The van der Waals surface area contributed by atoms with Crippen LogP contribution in [-0.2, 0) is 6.54 Å². The fourth-order valence-electron chi connectivity index (χ4n) is 2.43. The molecule has 0 bridgehead atoms. The first-order chi connectivity index (χ1) is 8.53. The molecule has 2 heterocycles. The lowest BCUT2D eigenvalue weighted by Gasteiger charge is -2.34. The standard InChI is InChI=1S/C14H25N3S/c1-14(2,3)16-9-12-5-4-7-17(10-12)11-13-15-6-8-18-13/h6,8,12,16H,4-5,7,9-11H2,1-3H3. The Morgan fingerprint density at radius 3 is 3.00 bits per heavy atom. The van der Waals surface area contributed by atoms with Gasteiger partial charge in [-0.1, -0.05) is 0 Å². The third kappa shape index (κ3) is 4.67. The molecule has 1 aliphatic heterocycles. The zero-order chi connectivity index (χ0) is 13.0. The summed E-state index contributed by atoms with van der Waals surface area (Å²) < 4.78 is 0. The van der Waals surface area contributed by atoms with Crippen molar-refractivity contribution in [3.8, 4) is 0 Å². The molecule has 0 aromatic carbocycles. The van der Waals surface area contributed by atoms with Crippen LogP contribution in [0.25, 0.3) is 0 Å². The van der Waals surface area contributed by atoms with Gasteiger partial charge in [0.15, 0.2) is 0 Å². The zero-order valence-electron chi connectivity index (χ0n) is 11.8. The minimum atomic E-state index is 0.234. The zero-order valence-corrected chi connectivity index (χ0v) is 12.6. The Bertz CT molecular complexity index is 342. The number of hydrogen-bond donors (Lipinski definition) is 1. The molecule has 0 aliphatic carbocycles. The highest BCUT2D eigenvalue weighted by Crippen LogP contribution is 2.19. The molecule has 1 atom stereocenters. The average molecular weight is 267 g/mol. The normalized spacial score (nSPS) is 22.3. The molecule has 1 saturated heterocycles. The highest BCUT2D eigenvalue weighted by atomic mass is 32.1. The van der Waals surface area contributed by atoms with Gasteiger partial charge in [-0.3, -0.25) is 4.90 Å². The number of nitrogens with one attached hydrogen (secondary N) is 1. The van der Waals surface area contributed by atoms with E-state index in [2.05, 4.69) is 41.4 Å². The van der Waals surface area contributed by atoms with Gasteiger partial charge in [-0.2, -0.15) is 0 Å². The summed E-state index contributed by atoms with van der Waals surface area (Å²) in [6, 6.07) is 0. The smallest absolute Gasteiger partial charge is 0.107 e. The third-order valence-electron chi connectivity index (χ3n) is 3.37. The molecule has 1 aliphatic rings. The van der Waals surface area contributed by atoms with Crippen LogP contribution in [0.2, 0.25) is 0 Å². The van der Waals surface area contributed by atoms with Crippen LogP contribution in [-0.4, -0.2) is 35.1 Å². The van der Waals surface area contributed by atoms with Crippen molar-refractivity contribution >= 4 is 11.3 Å². The molecule has 0 amide bonds. The first kappa shape index (κ1) is 14.0. The fraction of sp³-hybridized carbons (Fsp3) is 0.786. The Morgan fingerprint density at radius 2 is 2.33 bits per heavy atom. The Hall–Kier alpha value is -0.450. The maximum absolute atomic E-state index is 4.38. The predicted octanol–water partition coefficient (Wildman–Crippen LogP) is 2.74. The van der Waals surface area contributed by atoms with Gasteiger partial charge in [-0.05, 0) is 52.6 Å². The number of hydrogen-bond acceptors (Lipinski definition) is 4. The lowest BCUT2D eigenvalue weighted by molar-refractivity contribution is 0.159. The van der Waals surface area contributed by atoms with Gasteiger partial charge >= 0.3 is 0 Å². The van der Waals surface area contributed by atoms with Crippen LogP contribution in [0.4, 0.5) is 0 Å². The number of nitrogens with zero attached hydrogens (tertiary/aromatic N) is 2. The summed E-state index contributed by atoms with van der Waals surface area (Å²) in [5.41, 5.74) is 0.234. The molecule has 0 radical (unpaired) electrons. The number of thiazole rings is 1. The maximum Gasteiger partial charge on any atom is 0.107 e. The van der Waals surface area contributed by atoms with Crippen molar-refractivity contribution in [2.75, 3.05) is 19.6 Å². The highest BCUT2D eigenvalue weighted by molar-refractivity contribution is 7.09. The number of likely N-dealkylation sites (tertiary alicyclic amines) is 1. The van der Waals surface area contributed by atoms with Crippen molar-refractivity contribution in [2.24, 2.45) is 5.92 Å². The van der Waals surface area contributed by atoms with Crippen molar-refractivity contribution in [2.45, 2.75) is 45.7 Å². The van der Waals surface area contributed by atoms with Crippen molar-refractivity contribution in [3.63, 3.8) is 0 Å². The van der Waals surface area contributed by atoms with E-state index >= 15 is 0 Å². The molecule has 1 aromatic heterocycles. The molecule has 4 heteroatoms. The summed E-state index contributed by atoms with van der Waals surface area (Å²) >= 11 is 1.77. The molecule has 18 heavy (non-hydrogen) atoms. The Balaban J connectivity index is 1.77. The average Bonchev–Trinajstić information content (AvgIpc) is 2.79. The molecule has 1 fully saturated rings. The molecule has 3 nitrogen and oxygen atoms in total. The Labute approximate surface area is 115 Å². The number of aromatic nitrogens is 1. The van der Waals surface area contributed by atoms with Crippen LogP contribution in [0.5, 0.6) is 0 Å². The summed E-state index contributed by atoms with van der Waals surface area (Å²) in [5, 5.41) is 6.95. The Morgan fingerprint density at radius 1 is 1.50 bits per heavy atom. The third-order valence-corrected chi connectivity index (χ3v) is 4.13. The van der Waals surface area contributed by atoms with Gasteiger partial charge in [0.25, 0.3) is 0 Å². The topological polar surface area (TPSA) is 28.2 Å². The lowest BCUT2D eigenvalue weighted by Crippen LogP contribution is -2.44. The van der Waals surface area contributed by atoms with E-state index < -0.39 is 0 Å². The van der Waals surface area contributed by atoms with E-state index in [1.807, 2.05) is 6.20 Å². The van der Waals surface area contributed by atoms with Crippen LogP contribution < -0.4 is 5.32 Å². The van der Waals surface area contributed by atoms with E-state index in [1.165, 1.54) is 30.9 Å². The second-order valence-corrected chi connectivity index (χ2v) is 7.28. The predicted molar refractivity (Wildman–Crippen MR) is 77.9 cm³/mol. The van der Waals surface area contributed by atoms with E-state index in [-0.39, 0.29) is 5.54 Å². The summed E-state index contributed by atoms with van der Waals surface area (Å²) in [4.78, 5) is 6.93. The minimum absolute atomic E-state index is 0.234. The SMILES string of the molecule is CC(C)(C)NCC1CCCN(Cc2nccs2)C1. The second kappa shape index (κ2) is 6.13. The van der Waals surface area contributed by atoms with Gasteiger partial charge < -0.3 is 5.32 Å². The molecule has 102 valence electrons. The van der Waals surface area contributed by atoms with Crippen molar-refractivity contribution in [3.05, 3.63) is 16.6 Å². The first-order valence-electron chi connectivity index (χ1n) is 6.89. The van der Waals surface area contributed by atoms with Gasteiger partial charge in [0, 0.05) is 23.7 Å². The molecule has 1 N–H and O–H groups in total. The van der Waals surface area contributed by atoms with Crippen LogP contribution in [0.15, 0.2) is 11.6 Å². The Kier molecular flexibility index (Phi) is 4.76. The molecule has 1 aromatic rings. The lowest BCUT2D eigenvalue weighted by atomic mass is 9.96. The van der Waals surface area contributed by atoms with Gasteiger partial charge in [0.1, 0.15) is 5.01 Å². The number of rotatable bonds is 4. The van der Waals surface area contributed by atoms with E-state index in [4.69, 9.17) is 0 Å². The van der Waals surface area contributed by atoms with Gasteiger partial charge in [-0.25, -0.2) is 4.98 Å². The summed E-state index contributed by atoms with van der Waals surface area (Å²) in [6.45, 7) is 11.3. The number of piperidine rings is 1. The molecular formula is C14H25N3S. The van der Waals surface area contributed by atoms with Crippen molar-refractivity contribution in [1.82, 2.24) is 15.2 Å². The van der Waals surface area contributed by atoms with Crippen LogP contribution in [0.3, 0.4) is 0 Å². The molecular weight excluding hydrogens is 242 g/mol. The van der Waals surface area contributed by atoms with Gasteiger partial charge in [0.2, 0.25) is 0 Å². The molecule has 0 spiro atoms. The van der Waals surface area contributed by atoms with Crippen molar-refractivity contribution in [1.29, 1.82) is 0 Å². The molecule has 0 saturated carbocycles. The monoisotopic (exact) mass is 267 g/mol. The van der Waals surface area contributed by atoms with Crippen molar-refractivity contribution < 1.29 is 0 Å². The van der Waals surface area contributed by atoms with Crippen LogP contribution in [0.1, 0.15) is 38.6 Å².